The number of nitrogens with zero attached hydrogens (tertiary/aromatic N) is 1. The Bertz CT molecular complexity index is 332. The highest BCUT2D eigenvalue weighted by Gasteiger charge is 2.05. The quantitative estimate of drug-likeness (QED) is 0.826. The summed E-state index contributed by atoms with van der Waals surface area (Å²) in [6.45, 7) is 5.41. The van der Waals surface area contributed by atoms with Gasteiger partial charge in [0.05, 0.1) is 0 Å². The highest BCUT2D eigenvalue weighted by Crippen LogP contribution is 2.24. The number of phenols is 1. The molecule has 0 amide bonds. The van der Waals surface area contributed by atoms with Crippen molar-refractivity contribution >= 4 is 0 Å². The molecule has 0 aliphatic rings. The maximum atomic E-state index is 9.77. The molecule has 1 aromatic carbocycles. The third-order valence-electron chi connectivity index (χ3n) is 2.82. The molecule has 0 saturated heterocycles. The van der Waals surface area contributed by atoms with E-state index >= 15 is 0 Å². The standard InChI is InChI=1S/C14H23NO/c1-11(2)12-7-8-14(16)13(10-12)6-5-9-15(3)4/h7-8,10-11,16H,5-6,9H2,1-4H3. The summed E-state index contributed by atoms with van der Waals surface area (Å²) in [4.78, 5) is 2.17. The van der Waals surface area contributed by atoms with E-state index in [-0.39, 0.29) is 0 Å². The Labute approximate surface area is 98.9 Å². The van der Waals surface area contributed by atoms with Crippen LogP contribution in [0.5, 0.6) is 5.75 Å². The molecule has 0 bridgehead atoms. The Hall–Kier alpha value is -1.02. The minimum atomic E-state index is 0.433. The summed E-state index contributed by atoms with van der Waals surface area (Å²) in [5.41, 5.74) is 2.38. The minimum Gasteiger partial charge on any atom is -0.508 e. The zero-order valence-corrected chi connectivity index (χ0v) is 10.8. The fourth-order valence-electron chi connectivity index (χ4n) is 1.75. The second kappa shape index (κ2) is 5.90. The zero-order chi connectivity index (χ0) is 12.1. The van der Waals surface area contributed by atoms with E-state index in [1.807, 2.05) is 12.1 Å². The Morgan fingerprint density at radius 1 is 1.25 bits per heavy atom. The van der Waals surface area contributed by atoms with Gasteiger partial charge in [0.2, 0.25) is 0 Å². The van der Waals surface area contributed by atoms with E-state index in [4.69, 9.17) is 0 Å². The molecular weight excluding hydrogens is 198 g/mol. The van der Waals surface area contributed by atoms with Crippen LogP contribution in [0.25, 0.3) is 0 Å². The summed E-state index contributed by atoms with van der Waals surface area (Å²) in [7, 11) is 4.15. The molecule has 90 valence electrons. The van der Waals surface area contributed by atoms with Gasteiger partial charge in [-0.15, -0.1) is 0 Å². The van der Waals surface area contributed by atoms with Gasteiger partial charge in [-0.05, 0) is 56.6 Å². The van der Waals surface area contributed by atoms with Gasteiger partial charge in [-0.3, -0.25) is 0 Å². The van der Waals surface area contributed by atoms with Gasteiger partial charge in [0, 0.05) is 0 Å². The smallest absolute Gasteiger partial charge is 0.118 e. The fourth-order valence-corrected chi connectivity index (χ4v) is 1.75. The molecule has 0 aliphatic carbocycles. The average Bonchev–Trinajstić information content (AvgIpc) is 2.20. The van der Waals surface area contributed by atoms with Crippen molar-refractivity contribution in [3.05, 3.63) is 29.3 Å². The first-order valence-electron chi connectivity index (χ1n) is 5.97. The van der Waals surface area contributed by atoms with Crippen LogP contribution in [0.4, 0.5) is 0 Å². The zero-order valence-electron chi connectivity index (χ0n) is 10.8. The summed E-state index contributed by atoms with van der Waals surface area (Å²) in [6, 6.07) is 5.96. The van der Waals surface area contributed by atoms with Gasteiger partial charge in [-0.2, -0.15) is 0 Å². The van der Waals surface area contributed by atoms with Crippen molar-refractivity contribution in [3.8, 4) is 5.75 Å². The van der Waals surface area contributed by atoms with Crippen LogP contribution < -0.4 is 0 Å². The van der Waals surface area contributed by atoms with Gasteiger partial charge in [0.15, 0.2) is 0 Å². The lowest BCUT2D eigenvalue weighted by Gasteiger charge is -2.12. The van der Waals surface area contributed by atoms with Crippen molar-refractivity contribution in [1.82, 2.24) is 4.90 Å². The molecule has 2 heteroatoms. The molecule has 0 heterocycles. The Morgan fingerprint density at radius 2 is 1.94 bits per heavy atom. The van der Waals surface area contributed by atoms with Crippen molar-refractivity contribution in [2.24, 2.45) is 0 Å². The number of aryl methyl sites for hydroxylation is 1. The molecule has 0 saturated carbocycles. The molecule has 0 radical (unpaired) electrons. The molecule has 1 rings (SSSR count). The van der Waals surface area contributed by atoms with Crippen LogP contribution in [0.1, 0.15) is 37.3 Å². The lowest BCUT2D eigenvalue weighted by molar-refractivity contribution is 0.397. The molecule has 0 atom stereocenters. The predicted octanol–water partition coefficient (Wildman–Crippen LogP) is 3.01. The van der Waals surface area contributed by atoms with Crippen LogP contribution in [0.15, 0.2) is 18.2 Å². The van der Waals surface area contributed by atoms with Crippen molar-refractivity contribution in [3.63, 3.8) is 0 Å². The summed E-state index contributed by atoms with van der Waals surface area (Å²) < 4.78 is 0. The van der Waals surface area contributed by atoms with Gasteiger partial charge >= 0.3 is 0 Å². The van der Waals surface area contributed by atoms with Crippen LogP contribution >= 0.6 is 0 Å². The molecule has 0 spiro atoms. The van der Waals surface area contributed by atoms with E-state index in [0.29, 0.717) is 11.7 Å². The van der Waals surface area contributed by atoms with Crippen molar-refractivity contribution in [1.29, 1.82) is 0 Å². The topological polar surface area (TPSA) is 23.5 Å². The maximum absolute atomic E-state index is 9.77. The van der Waals surface area contributed by atoms with Crippen LogP contribution in [0, 0.1) is 0 Å². The van der Waals surface area contributed by atoms with Crippen LogP contribution in [0.2, 0.25) is 0 Å². The van der Waals surface area contributed by atoms with Gasteiger partial charge < -0.3 is 10.0 Å². The summed E-state index contributed by atoms with van der Waals surface area (Å²) in [5.74, 6) is 0.955. The van der Waals surface area contributed by atoms with E-state index < -0.39 is 0 Å². The van der Waals surface area contributed by atoms with E-state index in [1.54, 1.807) is 0 Å². The van der Waals surface area contributed by atoms with Crippen molar-refractivity contribution in [2.45, 2.75) is 32.6 Å². The lowest BCUT2D eigenvalue weighted by Crippen LogP contribution is -2.13. The largest absolute Gasteiger partial charge is 0.508 e. The van der Waals surface area contributed by atoms with Crippen LogP contribution in [0.3, 0.4) is 0 Å². The monoisotopic (exact) mass is 221 g/mol. The van der Waals surface area contributed by atoms with Gasteiger partial charge in [0.1, 0.15) is 5.75 Å². The number of hydrogen-bond acceptors (Lipinski definition) is 2. The molecule has 16 heavy (non-hydrogen) atoms. The molecule has 0 unspecified atom stereocenters. The van der Waals surface area contributed by atoms with Gasteiger partial charge in [-0.25, -0.2) is 0 Å². The number of aromatic hydroxyl groups is 1. The Morgan fingerprint density at radius 3 is 2.50 bits per heavy atom. The van der Waals surface area contributed by atoms with Gasteiger partial charge in [-0.1, -0.05) is 26.0 Å². The number of rotatable bonds is 5. The first kappa shape index (κ1) is 13.0. The van der Waals surface area contributed by atoms with Crippen molar-refractivity contribution in [2.75, 3.05) is 20.6 Å². The SMILES string of the molecule is CC(C)c1ccc(O)c(CCCN(C)C)c1. The Kier molecular flexibility index (Phi) is 4.81. The normalized spacial score (nSPS) is 11.4. The average molecular weight is 221 g/mol. The van der Waals surface area contributed by atoms with E-state index in [0.717, 1.165) is 24.9 Å². The molecule has 0 aromatic heterocycles. The first-order chi connectivity index (χ1) is 7.50. The summed E-state index contributed by atoms with van der Waals surface area (Å²) >= 11 is 0. The number of phenolic OH excluding ortho intramolecular Hbond substituents is 1. The fraction of sp³-hybridized carbons (Fsp3) is 0.571. The number of hydrogen-bond donors (Lipinski definition) is 1. The van der Waals surface area contributed by atoms with Gasteiger partial charge in [0.25, 0.3) is 0 Å². The number of benzene rings is 1. The molecule has 2 nitrogen and oxygen atoms in total. The summed E-state index contributed by atoms with van der Waals surface area (Å²) in [6.07, 6.45) is 2.03. The third kappa shape index (κ3) is 3.86. The molecule has 0 fully saturated rings. The summed E-state index contributed by atoms with van der Waals surface area (Å²) in [5, 5.41) is 9.77. The lowest BCUT2D eigenvalue weighted by atomic mass is 9.98. The molecule has 1 N–H and O–H groups in total. The highest BCUT2D eigenvalue weighted by molar-refractivity contribution is 5.37. The second-order valence-electron chi connectivity index (χ2n) is 4.95. The molecule has 0 aliphatic heterocycles. The first-order valence-corrected chi connectivity index (χ1v) is 5.97. The predicted molar refractivity (Wildman–Crippen MR) is 69.1 cm³/mol. The molecular formula is C14H23NO. The highest BCUT2D eigenvalue weighted by atomic mass is 16.3. The van der Waals surface area contributed by atoms with E-state index in [9.17, 15) is 5.11 Å². The molecule has 1 aromatic rings. The van der Waals surface area contributed by atoms with E-state index in [2.05, 4.69) is 38.9 Å². The van der Waals surface area contributed by atoms with E-state index in [1.165, 1.54) is 5.56 Å². The minimum absolute atomic E-state index is 0.433. The van der Waals surface area contributed by atoms with Crippen molar-refractivity contribution < 1.29 is 5.11 Å². The third-order valence-corrected chi connectivity index (χ3v) is 2.82. The van der Waals surface area contributed by atoms with Crippen LogP contribution in [-0.4, -0.2) is 30.6 Å². The Balaban J connectivity index is 2.67. The van der Waals surface area contributed by atoms with Crippen LogP contribution in [-0.2, 0) is 6.42 Å². The maximum Gasteiger partial charge on any atom is 0.118 e. The second-order valence-corrected chi connectivity index (χ2v) is 4.95.